The van der Waals surface area contributed by atoms with Crippen LogP contribution in [-0.4, -0.2) is 50.0 Å². The van der Waals surface area contributed by atoms with Crippen molar-refractivity contribution in [1.82, 2.24) is 4.90 Å². The van der Waals surface area contributed by atoms with Crippen LogP contribution in [0.15, 0.2) is 41.3 Å². The van der Waals surface area contributed by atoms with Gasteiger partial charge in [-0.15, -0.1) is 6.42 Å². The van der Waals surface area contributed by atoms with Gasteiger partial charge in [0.25, 0.3) is 11.1 Å². The van der Waals surface area contributed by atoms with Crippen molar-refractivity contribution in [2.75, 3.05) is 34.0 Å². The molecule has 2 aromatic carbocycles. The molecule has 1 aliphatic heterocycles. The third-order valence-electron chi connectivity index (χ3n) is 4.36. The summed E-state index contributed by atoms with van der Waals surface area (Å²) in [5.41, 5.74) is 0.704. The lowest BCUT2D eigenvalue weighted by atomic mass is 10.2. The minimum absolute atomic E-state index is 0.113. The molecule has 1 heterocycles. The summed E-state index contributed by atoms with van der Waals surface area (Å²) in [5, 5.41) is -0.347. The van der Waals surface area contributed by atoms with Crippen molar-refractivity contribution in [2.45, 2.75) is 0 Å². The molecule has 0 aliphatic carbocycles. The fourth-order valence-corrected chi connectivity index (χ4v) is 4.55. The number of carbonyl (C=O) groups is 2. The Kier molecular flexibility index (Phi) is 8.30. The summed E-state index contributed by atoms with van der Waals surface area (Å²) in [4.78, 5) is 26.7. The minimum atomic E-state index is -0.370. The molecular weight excluding hydrogens is 545 g/mol. The van der Waals surface area contributed by atoms with Crippen molar-refractivity contribution in [3.8, 4) is 35.3 Å². The van der Waals surface area contributed by atoms with Gasteiger partial charge in [-0.2, -0.15) is 0 Å². The van der Waals surface area contributed by atoms with E-state index in [2.05, 4.69) is 28.5 Å². The molecule has 2 aromatic rings. The lowest BCUT2D eigenvalue weighted by Crippen LogP contribution is -2.32. The molecule has 9 heteroatoms. The van der Waals surface area contributed by atoms with E-state index in [0.29, 0.717) is 33.5 Å². The van der Waals surface area contributed by atoms with Crippen LogP contribution < -0.4 is 18.9 Å². The Morgan fingerprint density at radius 1 is 1.09 bits per heavy atom. The molecule has 1 saturated heterocycles. The Morgan fingerprint density at radius 3 is 2.50 bits per heavy atom. The van der Waals surface area contributed by atoms with Crippen molar-refractivity contribution in [3.05, 3.63) is 50.4 Å². The van der Waals surface area contributed by atoms with E-state index in [9.17, 15) is 9.59 Å². The summed E-state index contributed by atoms with van der Waals surface area (Å²) in [7, 11) is 3.07. The van der Waals surface area contributed by atoms with Gasteiger partial charge in [-0.25, -0.2) is 0 Å². The number of methoxy groups -OCH3 is 2. The summed E-state index contributed by atoms with van der Waals surface area (Å²) < 4.78 is 22.6. The fourth-order valence-electron chi connectivity index (χ4n) is 2.91. The first kappa shape index (κ1) is 23.8. The first-order valence-electron chi connectivity index (χ1n) is 9.43. The number of ether oxygens (including phenoxy) is 4. The lowest BCUT2D eigenvalue weighted by Gasteiger charge is -2.14. The second-order valence-electron chi connectivity index (χ2n) is 6.36. The molecule has 32 heavy (non-hydrogen) atoms. The summed E-state index contributed by atoms with van der Waals surface area (Å²) in [6.07, 6.45) is 6.91. The second kappa shape index (κ2) is 11.2. The van der Waals surface area contributed by atoms with Gasteiger partial charge < -0.3 is 18.9 Å². The van der Waals surface area contributed by atoms with Crippen molar-refractivity contribution < 1.29 is 28.5 Å². The molecule has 0 spiro atoms. The van der Waals surface area contributed by atoms with E-state index in [1.54, 1.807) is 31.4 Å². The fraction of sp³-hybridized carbons (Fsp3) is 0.217. The summed E-state index contributed by atoms with van der Waals surface area (Å²) in [6, 6.07) is 10.7. The number of amides is 2. The molecule has 0 unspecified atom stereocenters. The maximum atomic E-state index is 12.8. The highest BCUT2D eigenvalue weighted by atomic mass is 127. The number of para-hydroxylation sites is 2. The van der Waals surface area contributed by atoms with E-state index >= 15 is 0 Å². The average molecular weight is 565 g/mol. The third kappa shape index (κ3) is 5.49. The Labute approximate surface area is 204 Å². The van der Waals surface area contributed by atoms with Crippen molar-refractivity contribution in [2.24, 2.45) is 0 Å². The summed E-state index contributed by atoms with van der Waals surface area (Å²) in [5.74, 6) is 4.20. The number of benzene rings is 2. The molecule has 0 bridgehead atoms. The molecular formula is C23H20INO6S. The van der Waals surface area contributed by atoms with Crippen LogP contribution in [-0.2, 0) is 4.79 Å². The molecule has 1 fully saturated rings. The van der Waals surface area contributed by atoms with Crippen LogP contribution in [0.4, 0.5) is 4.79 Å². The van der Waals surface area contributed by atoms with Gasteiger partial charge in [0.2, 0.25) is 0 Å². The maximum absolute atomic E-state index is 12.8. The normalized spacial score (nSPS) is 14.4. The number of rotatable bonds is 9. The van der Waals surface area contributed by atoms with Crippen LogP contribution in [0.5, 0.6) is 23.0 Å². The number of hydrogen-bond donors (Lipinski definition) is 0. The lowest BCUT2D eigenvalue weighted by molar-refractivity contribution is -0.123. The van der Waals surface area contributed by atoms with E-state index in [4.69, 9.17) is 25.4 Å². The van der Waals surface area contributed by atoms with Gasteiger partial charge in [-0.3, -0.25) is 14.5 Å². The number of hydrogen-bond acceptors (Lipinski definition) is 7. The van der Waals surface area contributed by atoms with Gasteiger partial charge in [0.05, 0.1) is 29.2 Å². The van der Waals surface area contributed by atoms with Gasteiger partial charge in [-0.1, -0.05) is 18.1 Å². The van der Waals surface area contributed by atoms with E-state index in [-0.39, 0.29) is 30.9 Å². The number of nitrogens with zero attached hydrogens (tertiary/aromatic N) is 1. The van der Waals surface area contributed by atoms with Crippen LogP contribution in [0.25, 0.3) is 6.08 Å². The standard InChI is InChI=1S/C23H20INO6S/c1-4-10-31-21-16(24)12-15(13-19(21)29-3)14-20-22(26)25(23(27)32-20)9-11-30-18-8-6-5-7-17(18)28-2/h1,5-8,12-14H,9-11H2,2-3H3/b20-14-. The van der Waals surface area contributed by atoms with E-state index < -0.39 is 0 Å². The van der Waals surface area contributed by atoms with Crippen molar-refractivity contribution in [1.29, 1.82) is 0 Å². The van der Waals surface area contributed by atoms with Crippen LogP contribution in [0.3, 0.4) is 0 Å². The molecule has 7 nitrogen and oxygen atoms in total. The molecule has 166 valence electrons. The van der Waals surface area contributed by atoms with Crippen molar-refractivity contribution in [3.63, 3.8) is 0 Å². The molecule has 0 radical (unpaired) electrons. The number of thioether (sulfide) groups is 1. The molecule has 0 aromatic heterocycles. The largest absolute Gasteiger partial charge is 0.493 e. The van der Waals surface area contributed by atoms with Crippen LogP contribution >= 0.6 is 34.4 Å². The van der Waals surface area contributed by atoms with Crippen LogP contribution in [0.1, 0.15) is 5.56 Å². The third-order valence-corrected chi connectivity index (χ3v) is 6.07. The second-order valence-corrected chi connectivity index (χ2v) is 8.51. The zero-order chi connectivity index (χ0) is 23.1. The SMILES string of the molecule is C#CCOc1c(I)cc(/C=C2\SC(=O)N(CCOc3ccccc3OC)C2=O)cc1OC. The topological polar surface area (TPSA) is 74.3 Å². The van der Waals surface area contributed by atoms with Gasteiger partial charge in [-0.05, 0) is 70.3 Å². The van der Waals surface area contributed by atoms with Crippen molar-refractivity contribution >= 4 is 51.6 Å². The van der Waals surface area contributed by atoms with Crippen LogP contribution in [0.2, 0.25) is 0 Å². The quantitative estimate of drug-likeness (QED) is 0.253. The van der Waals surface area contributed by atoms with Gasteiger partial charge in [0.1, 0.15) is 13.2 Å². The van der Waals surface area contributed by atoms with Gasteiger partial charge >= 0.3 is 0 Å². The number of carbonyl (C=O) groups excluding carboxylic acids is 2. The zero-order valence-corrected chi connectivity index (χ0v) is 20.4. The molecule has 1 aliphatic rings. The highest BCUT2D eigenvalue weighted by molar-refractivity contribution is 14.1. The minimum Gasteiger partial charge on any atom is -0.493 e. The van der Waals surface area contributed by atoms with E-state index in [0.717, 1.165) is 15.3 Å². The molecule has 0 N–H and O–H groups in total. The predicted octanol–water partition coefficient (Wildman–Crippen LogP) is 4.44. The first-order valence-corrected chi connectivity index (χ1v) is 11.3. The van der Waals surface area contributed by atoms with Gasteiger partial charge in [0.15, 0.2) is 23.0 Å². The monoisotopic (exact) mass is 565 g/mol. The molecule has 0 saturated carbocycles. The Balaban J connectivity index is 1.71. The summed E-state index contributed by atoms with van der Waals surface area (Å²) in [6.45, 7) is 0.389. The number of halogens is 1. The van der Waals surface area contributed by atoms with E-state index in [1.807, 2.05) is 18.2 Å². The highest BCUT2D eigenvalue weighted by Crippen LogP contribution is 2.37. The average Bonchev–Trinajstić information content (AvgIpc) is 3.05. The number of imide groups is 1. The molecule has 2 amide bonds. The Hall–Kier alpha value is -2.84. The molecule has 3 rings (SSSR count). The molecule has 0 atom stereocenters. The van der Waals surface area contributed by atoms with Gasteiger partial charge in [0, 0.05) is 0 Å². The number of terminal acetylenes is 1. The first-order chi connectivity index (χ1) is 15.5. The van der Waals surface area contributed by atoms with Crippen LogP contribution in [0, 0.1) is 15.9 Å². The smallest absolute Gasteiger partial charge is 0.293 e. The highest BCUT2D eigenvalue weighted by Gasteiger charge is 2.35. The van der Waals surface area contributed by atoms with E-state index in [1.165, 1.54) is 12.0 Å². The zero-order valence-electron chi connectivity index (χ0n) is 17.4. The summed E-state index contributed by atoms with van der Waals surface area (Å²) >= 11 is 2.99. The maximum Gasteiger partial charge on any atom is 0.293 e. The Bertz CT molecular complexity index is 1090. The Morgan fingerprint density at radius 2 is 1.81 bits per heavy atom. The predicted molar refractivity (Wildman–Crippen MR) is 131 cm³/mol.